The number of nitrogens with one attached hydrogen (secondary N) is 1. The molecule has 3 aromatic rings. The first-order valence-electron chi connectivity index (χ1n) is 8.62. The van der Waals surface area contributed by atoms with Crippen molar-refractivity contribution in [3.8, 4) is 5.69 Å². The summed E-state index contributed by atoms with van der Waals surface area (Å²) in [6.45, 7) is 3.03. The number of halogens is 2. The van der Waals surface area contributed by atoms with Crippen molar-refractivity contribution in [2.24, 2.45) is 0 Å². The second-order valence-electron chi connectivity index (χ2n) is 6.08. The van der Waals surface area contributed by atoms with Crippen molar-refractivity contribution in [2.75, 3.05) is 18.4 Å². The largest absolute Gasteiger partial charge is 0.320 e. The third kappa shape index (κ3) is 4.77. The van der Waals surface area contributed by atoms with Gasteiger partial charge in [-0.05, 0) is 30.8 Å². The lowest BCUT2D eigenvalue weighted by Gasteiger charge is -2.19. The average molecular weight is 370 g/mol. The molecule has 5 nitrogen and oxygen atoms in total. The smallest absolute Gasteiger partial charge is 0.238 e. The molecule has 7 heteroatoms. The minimum absolute atomic E-state index is 0.0147. The van der Waals surface area contributed by atoms with Crippen molar-refractivity contribution in [1.82, 2.24) is 14.7 Å². The number of anilines is 1. The maximum Gasteiger partial charge on any atom is 0.238 e. The first-order valence-corrected chi connectivity index (χ1v) is 8.62. The predicted octanol–water partition coefficient (Wildman–Crippen LogP) is 3.61. The van der Waals surface area contributed by atoms with Crippen LogP contribution in [-0.4, -0.2) is 33.7 Å². The lowest BCUT2D eigenvalue weighted by Crippen LogP contribution is -2.33. The Hall–Kier alpha value is -3.06. The molecule has 0 atom stereocenters. The molecule has 0 saturated heterocycles. The zero-order chi connectivity index (χ0) is 19.2. The fourth-order valence-electron chi connectivity index (χ4n) is 2.70. The highest BCUT2D eigenvalue weighted by atomic mass is 19.1. The van der Waals surface area contributed by atoms with Gasteiger partial charge in [0.25, 0.3) is 0 Å². The van der Waals surface area contributed by atoms with E-state index in [-0.39, 0.29) is 6.54 Å². The first-order chi connectivity index (χ1) is 13.1. The number of rotatable bonds is 7. The van der Waals surface area contributed by atoms with Crippen LogP contribution >= 0.6 is 0 Å². The molecule has 1 N–H and O–H groups in total. The lowest BCUT2D eigenvalue weighted by atomic mass is 10.2. The van der Waals surface area contributed by atoms with E-state index in [1.165, 1.54) is 6.07 Å². The maximum atomic E-state index is 13.7. The fraction of sp³-hybridized carbons (Fsp3) is 0.200. The molecule has 140 valence electrons. The van der Waals surface area contributed by atoms with Crippen molar-refractivity contribution >= 4 is 11.6 Å². The van der Waals surface area contributed by atoms with Gasteiger partial charge >= 0.3 is 0 Å². The first kappa shape index (κ1) is 18.7. The minimum Gasteiger partial charge on any atom is -0.320 e. The highest BCUT2D eigenvalue weighted by Gasteiger charge is 2.15. The van der Waals surface area contributed by atoms with Gasteiger partial charge in [0, 0.05) is 18.3 Å². The van der Waals surface area contributed by atoms with E-state index in [4.69, 9.17) is 0 Å². The lowest BCUT2D eigenvalue weighted by molar-refractivity contribution is -0.117. The van der Waals surface area contributed by atoms with Gasteiger partial charge in [0.15, 0.2) is 0 Å². The summed E-state index contributed by atoms with van der Waals surface area (Å²) in [5.74, 6) is -2.07. The molecular weight excluding hydrogens is 350 g/mol. The van der Waals surface area contributed by atoms with E-state index in [0.29, 0.717) is 13.1 Å². The molecule has 1 heterocycles. The molecule has 3 rings (SSSR count). The summed E-state index contributed by atoms with van der Waals surface area (Å²) in [7, 11) is 0. The molecule has 0 aliphatic heterocycles. The Balaban J connectivity index is 1.62. The van der Waals surface area contributed by atoms with Crippen LogP contribution in [0.3, 0.4) is 0 Å². The van der Waals surface area contributed by atoms with Crippen LogP contribution < -0.4 is 5.32 Å². The number of para-hydroxylation sites is 2. The molecule has 1 aromatic heterocycles. The molecule has 0 bridgehead atoms. The van der Waals surface area contributed by atoms with E-state index in [9.17, 15) is 13.6 Å². The van der Waals surface area contributed by atoms with Gasteiger partial charge in [0.1, 0.15) is 17.3 Å². The molecule has 0 aliphatic rings. The normalized spacial score (nSPS) is 11.0. The summed E-state index contributed by atoms with van der Waals surface area (Å²) in [6, 6.07) is 13.2. The van der Waals surface area contributed by atoms with Gasteiger partial charge in [-0.25, -0.2) is 13.5 Å². The second kappa shape index (κ2) is 8.55. The Morgan fingerprint density at radius 3 is 2.48 bits per heavy atom. The summed E-state index contributed by atoms with van der Waals surface area (Å²) in [5.41, 5.74) is 1.46. The summed E-state index contributed by atoms with van der Waals surface area (Å²) in [4.78, 5) is 14.1. The molecule has 0 aliphatic carbocycles. The number of benzene rings is 2. The third-order valence-electron chi connectivity index (χ3n) is 4.10. The molecule has 0 fully saturated rings. The van der Waals surface area contributed by atoms with E-state index >= 15 is 0 Å². The summed E-state index contributed by atoms with van der Waals surface area (Å²) >= 11 is 0. The van der Waals surface area contributed by atoms with Gasteiger partial charge in [-0.1, -0.05) is 31.2 Å². The van der Waals surface area contributed by atoms with Crippen LogP contribution in [0.15, 0.2) is 60.9 Å². The van der Waals surface area contributed by atoms with Crippen LogP contribution in [0.2, 0.25) is 0 Å². The van der Waals surface area contributed by atoms with Gasteiger partial charge in [-0.2, -0.15) is 5.10 Å². The van der Waals surface area contributed by atoms with Crippen LogP contribution in [-0.2, 0) is 11.3 Å². The quantitative estimate of drug-likeness (QED) is 0.691. The number of carbonyl (C=O) groups excluding carboxylic acids is 1. The predicted molar refractivity (Wildman–Crippen MR) is 99.5 cm³/mol. The number of aromatic nitrogens is 2. The third-order valence-corrected chi connectivity index (χ3v) is 4.10. The van der Waals surface area contributed by atoms with Crippen LogP contribution in [0.4, 0.5) is 14.5 Å². The number of hydrogen-bond donors (Lipinski definition) is 1. The molecule has 0 saturated carbocycles. The molecule has 0 unspecified atom stereocenters. The van der Waals surface area contributed by atoms with Crippen molar-refractivity contribution < 1.29 is 13.6 Å². The van der Waals surface area contributed by atoms with Gasteiger partial charge in [0.05, 0.1) is 18.4 Å². The molecule has 27 heavy (non-hydrogen) atoms. The fourth-order valence-corrected chi connectivity index (χ4v) is 2.70. The SMILES string of the molecule is CCN(CC(=O)Nc1c(F)cccc1F)Cc1cnn(-c2ccccc2)c1. The van der Waals surface area contributed by atoms with Crippen LogP contribution in [0, 0.1) is 11.6 Å². The molecule has 2 aromatic carbocycles. The summed E-state index contributed by atoms with van der Waals surface area (Å²) in [6.07, 6.45) is 3.64. The average Bonchev–Trinajstić information content (AvgIpc) is 3.13. The van der Waals surface area contributed by atoms with Gasteiger partial charge in [0.2, 0.25) is 5.91 Å². The van der Waals surface area contributed by atoms with Gasteiger partial charge in [-0.3, -0.25) is 9.69 Å². The Bertz CT molecular complexity index is 891. The van der Waals surface area contributed by atoms with E-state index in [0.717, 1.165) is 23.4 Å². The highest BCUT2D eigenvalue weighted by molar-refractivity contribution is 5.92. The zero-order valence-corrected chi connectivity index (χ0v) is 14.9. The van der Waals surface area contributed by atoms with Crippen molar-refractivity contribution in [2.45, 2.75) is 13.5 Å². The molecule has 1 amide bonds. The molecular formula is C20H20F2N4O. The van der Waals surface area contributed by atoms with E-state index < -0.39 is 23.2 Å². The Morgan fingerprint density at radius 2 is 1.81 bits per heavy atom. The Morgan fingerprint density at radius 1 is 1.11 bits per heavy atom. The van der Waals surface area contributed by atoms with Crippen LogP contribution in [0.5, 0.6) is 0 Å². The topological polar surface area (TPSA) is 50.2 Å². The molecule has 0 spiro atoms. The van der Waals surface area contributed by atoms with E-state index in [1.807, 2.05) is 48.4 Å². The van der Waals surface area contributed by atoms with Crippen molar-refractivity contribution in [3.05, 3.63) is 78.1 Å². The second-order valence-corrected chi connectivity index (χ2v) is 6.08. The van der Waals surface area contributed by atoms with Gasteiger partial charge < -0.3 is 5.32 Å². The summed E-state index contributed by atoms with van der Waals surface area (Å²) in [5, 5.41) is 6.64. The number of likely N-dealkylation sites (N-methyl/N-ethyl adjacent to an activating group) is 1. The van der Waals surface area contributed by atoms with Crippen molar-refractivity contribution in [1.29, 1.82) is 0 Å². The molecule has 0 radical (unpaired) electrons. The van der Waals surface area contributed by atoms with E-state index in [1.54, 1.807) is 10.9 Å². The standard InChI is InChI=1S/C20H20F2N4O/c1-2-25(14-19(27)24-20-17(21)9-6-10-18(20)22)12-15-11-23-26(13-15)16-7-4-3-5-8-16/h3-11,13H,2,12,14H2,1H3,(H,24,27). The highest BCUT2D eigenvalue weighted by Crippen LogP contribution is 2.18. The number of hydrogen-bond acceptors (Lipinski definition) is 3. The van der Waals surface area contributed by atoms with Crippen LogP contribution in [0.25, 0.3) is 5.69 Å². The van der Waals surface area contributed by atoms with Gasteiger partial charge in [-0.15, -0.1) is 0 Å². The minimum atomic E-state index is -0.796. The number of nitrogens with zero attached hydrogens (tertiary/aromatic N) is 3. The van der Waals surface area contributed by atoms with Crippen LogP contribution in [0.1, 0.15) is 12.5 Å². The maximum absolute atomic E-state index is 13.7. The number of amides is 1. The Kier molecular flexibility index (Phi) is 5.93. The van der Waals surface area contributed by atoms with E-state index in [2.05, 4.69) is 10.4 Å². The summed E-state index contributed by atoms with van der Waals surface area (Å²) < 4.78 is 29.1. The van der Waals surface area contributed by atoms with Crippen molar-refractivity contribution in [3.63, 3.8) is 0 Å². The Labute approximate surface area is 156 Å². The monoisotopic (exact) mass is 370 g/mol. The number of carbonyl (C=O) groups is 1. The zero-order valence-electron chi connectivity index (χ0n) is 14.9.